The van der Waals surface area contributed by atoms with Crippen LogP contribution in [-0.4, -0.2) is 60.4 Å². The topological polar surface area (TPSA) is 79.5 Å². The molecule has 7 nitrogen and oxygen atoms in total. The zero-order valence-electron chi connectivity index (χ0n) is 22.8. The van der Waals surface area contributed by atoms with Crippen LogP contribution >= 0.6 is 0 Å². The molecule has 0 radical (unpaired) electrons. The fourth-order valence-electron chi connectivity index (χ4n) is 5.57. The van der Waals surface area contributed by atoms with Crippen LogP contribution in [0.2, 0.25) is 0 Å². The molecular weight excluding hydrogens is 471 g/mol. The summed E-state index contributed by atoms with van der Waals surface area (Å²) in [7, 11) is 3.64. The van der Waals surface area contributed by atoms with Crippen LogP contribution in [0.25, 0.3) is 11.0 Å². The summed E-state index contributed by atoms with van der Waals surface area (Å²) in [4.78, 5) is 23.0. The molecule has 1 aliphatic rings. The summed E-state index contributed by atoms with van der Waals surface area (Å²) in [5, 5.41) is 2.59. The normalized spacial score (nSPS) is 19.2. The van der Waals surface area contributed by atoms with E-state index in [1.54, 1.807) is 13.1 Å². The Morgan fingerprint density at radius 1 is 1.27 bits per heavy atom. The highest BCUT2D eigenvalue weighted by Crippen LogP contribution is 2.47. The third-order valence-corrected chi connectivity index (χ3v) is 7.49. The van der Waals surface area contributed by atoms with Crippen LogP contribution in [0.3, 0.4) is 0 Å². The zero-order valence-corrected chi connectivity index (χ0v) is 22.8. The fourth-order valence-corrected chi connectivity index (χ4v) is 5.57. The minimum atomic E-state index is -0.860. The summed E-state index contributed by atoms with van der Waals surface area (Å²) in [5.41, 5.74) is 4.57. The standard InChI is InChI=1S/C29H39FN4O3/c1-18(2)25-22-12-11-21(30)16-23(22)36-17-29(25,37-28(35)31-5)13-15-34(6)14-7-8-24-32-26-19(3)9-10-20(4)27(26)33-24/h9-12,16,18,25H,7-8,13-15,17H2,1-6H3,(H,31,35)(H,32,33)/t25-,29+/m0/s1. The first-order chi connectivity index (χ1) is 17.6. The largest absolute Gasteiger partial charge is 0.489 e. The first-order valence-electron chi connectivity index (χ1n) is 13.1. The van der Waals surface area contributed by atoms with Crippen molar-refractivity contribution in [2.75, 3.05) is 33.8 Å². The number of carbonyl (C=O) groups excluding carboxylic acids is 1. The van der Waals surface area contributed by atoms with Gasteiger partial charge in [-0.15, -0.1) is 0 Å². The van der Waals surface area contributed by atoms with Gasteiger partial charge in [-0.25, -0.2) is 14.2 Å². The molecule has 0 spiro atoms. The molecule has 1 aromatic heterocycles. The number of rotatable bonds is 9. The van der Waals surface area contributed by atoms with Crippen molar-refractivity contribution >= 4 is 17.1 Å². The highest BCUT2D eigenvalue weighted by Gasteiger charge is 2.49. The molecule has 0 unspecified atom stereocenters. The van der Waals surface area contributed by atoms with Crippen molar-refractivity contribution in [3.63, 3.8) is 0 Å². The Kier molecular flexibility index (Phi) is 8.07. The van der Waals surface area contributed by atoms with Crippen molar-refractivity contribution in [3.05, 3.63) is 58.7 Å². The molecule has 4 rings (SSSR count). The Bertz CT molecular complexity index is 1220. The number of nitrogens with zero attached hydrogens (tertiary/aromatic N) is 2. The van der Waals surface area contributed by atoms with Gasteiger partial charge in [-0.05, 0) is 57.0 Å². The SMILES string of the molecule is CNC(=O)O[C@]1(CCN(C)CCCc2nc3c(C)ccc(C)c3[nH]2)COc2cc(F)ccc2[C@@H]1C(C)C. The lowest BCUT2D eigenvalue weighted by Crippen LogP contribution is -2.53. The van der Waals surface area contributed by atoms with Gasteiger partial charge >= 0.3 is 6.09 Å². The van der Waals surface area contributed by atoms with E-state index in [2.05, 4.69) is 62.1 Å². The lowest BCUT2D eigenvalue weighted by Gasteiger charge is -2.46. The van der Waals surface area contributed by atoms with Gasteiger partial charge < -0.3 is 24.7 Å². The maximum atomic E-state index is 13.9. The Balaban J connectivity index is 1.44. The molecule has 2 atom stereocenters. The number of ether oxygens (including phenoxy) is 2. The second-order valence-electron chi connectivity index (χ2n) is 10.7. The van der Waals surface area contributed by atoms with E-state index in [0.717, 1.165) is 48.4 Å². The van der Waals surface area contributed by atoms with Gasteiger partial charge in [0.2, 0.25) is 0 Å². The Morgan fingerprint density at radius 3 is 2.73 bits per heavy atom. The van der Waals surface area contributed by atoms with Gasteiger partial charge in [0.15, 0.2) is 5.60 Å². The predicted octanol–water partition coefficient (Wildman–Crippen LogP) is 5.50. The monoisotopic (exact) mass is 510 g/mol. The van der Waals surface area contributed by atoms with Crippen molar-refractivity contribution in [3.8, 4) is 5.75 Å². The Hall–Kier alpha value is -3.13. The van der Waals surface area contributed by atoms with Gasteiger partial charge in [0.05, 0.1) is 11.0 Å². The number of fused-ring (bicyclic) bond motifs is 2. The molecule has 2 heterocycles. The fraction of sp³-hybridized carbons (Fsp3) is 0.517. The zero-order chi connectivity index (χ0) is 26.7. The van der Waals surface area contributed by atoms with Crippen molar-refractivity contribution in [2.45, 2.75) is 58.5 Å². The number of hydrogen-bond donors (Lipinski definition) is 2. The van der Waals surface area contributed by atoms with E-state index in [-0.39, 0.29) is 24.3 Å². The molecule has 2 N–H and O–H groups in total. The number of benzene rings is 2. The van der Waals surface area contributed by atoms with Gasteiger partial charge in [-0.1, -0.05) is 32.0 Å². The maximum absolute atomic E-state index is 13.9. The van der Waals surface area contributed by atoms with Gasteiger partial charge in [0.25, 0.3) is 0 Å². The molecule has 1 aliphatic heterocycles. The minimum Gasteiger partial charge on any atom is -0.489 e. The van der Waals surface area contributed by atoms with E-state index < -0.39 is 11.7 Å². The summed E-state index contributed by atoms with van der Waals surface area (Å²) in [5.74, 6) is 1.23. The molecule has 0 fully saturated rings. The molecule has 37 heavy (non-hydrogen) atoms. The van der Waals surface area contributed by atoms with E-state index in [1.807, 2.05) is 0 Å². The molecule has 3 aromatic rings. The minimum absolute atomic E-state index is 0.121. The number of imidazole rings is 1. The van der Waals surface area contributed by atoms with E-state index in [4.69, 9.17) is 14.5 Å². The average molecular weight is 511 g/mol. The van der Waals surface area contributed by atoms with Gasteiger partial charge in [0, 0.05) is 44.0 Å². The summed E-state index contributed by atoms with van der Waals surface area (Å²) in [6.07, 6.45) is 1.91. The average Bonchev–Trinajstić information content (AvgIpc) is 3.30. The quantitative estimate of drug-likeness (QED) is 0.397. The van der Waals surface area contributed by atoms with E-state index >= 15 is 0 Å². The number of carbonyl (C=O) groups is 1. The molecule has 2 aromatic carbocycles. The Morgan fingerprint density at radius 2 is 2.03 bits per heavy atom. The van der Waals surface area contributed by atoms with Gasteiger partial charge in [0.1, 0.15) is 24.0 Å². The number of alkyl carbamates (subject to hydrolysis) is 1. The van der Waals surface area contributed by atoms with Crippen LogP contribution in [0.15, 0.2) is 30.3 Å². The predicted molar refractivity (Wildman–Crippen MR) is 144 cm³/mol. The highest BCUT2D eigenvalue weighted by molar-refractivity contribution is 5.81. The summed E-state index contributed by atoms with van der Waals surface area (Å²) < 4.78 is 25.9. The molecule has 0 aliphatic carbocycles. The third-order valence-electron chi connectivity index (χ3n) is 7.49. The highest BCUT2D eigenvalue weighted by atomic mass is 19.1. The third kappa shape index (κ3) is 5.74. The van der Waals surface area contributed by atoms with Gasteiger partial charge in [-0.3, -0.25) is 0 Å². The number of aryl methyl sites for hydroxylation is 3. The van der Waals surface area contributed by atoms with E-state index in [1.165, 1.54) is 23.3 Å². The molecule has 0 saturated heterocycles. The molecule has 0 bridgehead atoms. The smallest absolute Gasteiger partial charge is 0.407 e. The Labute approximate surface area is 218 Å². The van der Waals surface area contributed by atoms with Crippen LogP contribution in [0.1, 0.15) is 55.1 Å². The van der Waals surface area contributed by atoms with Crippen LogP contribution in [-0.2, 0) is 11.2 Å². The molecule has 0 saturated carbocycles. The molecule has 200 valence electrons. The number of aromatic amines is 1. The summed E-state index contributed by atoms with van der Waals surface area (Å²) >= 11 is 0. The van der Waals surface area contributed by atoms with Crippen molar-refractivity contribution in [1.29, 1.82) is 0 Å². The number of aromatic nitrogens is 2. The van der Waals surface area contributed by atoms with Crippen molar-refractivity contribution in [1.82, 2.24) is 20.2 Å². The van der Waals surface area contributed by atoms with Crippen LogP contribution in [0.5, 0.6) is 5.75 Å². The lowest BCUT2D eigenvalue weighted by molar-refractivity contribution is -0.0724. The molecule has 1 amide bonds. The number of halogens is 1. The van der Waals surface area contributed by atoms with Crippen LogP contribution in [0, 0.1) is 25.6 Å². The van der Waals surface area contributed by atoms with E-state index in [9.17, 15) is 9.18 Å². The number of hydrogen-bond acceptors (Lipinski definition) is 5. The number of H-pyrrole nitrogens is 1. The summed E-state index contributed by atoms with van der Waals surface area (Å²) in [6, 6.07) is 8.86. The first-order valence-corrected chi connectivity index (χ1v) is 13.1. The van der Waals surface area contributed by atoms with Crippen LogP contribution < -0.4 is 10.1 Å². The lowest BCUT2D eigenvalue weighted by atomic mass is 9.72. The van der Waals surface area contributed by atoms with Crippen LogP contribution in [0.4, 0.5) is 9.18 Å². The summed E-state index contributed by atoms with van der Waals surface area (Å²) in [6.45, 7) is 10.2. The van der Waals surface area contributed by atoms with Crippen molar-refractivity contribution < 1.29 is 18.7 Å². The second-order valence-corrected chi connectivity index (χ2v) is 10.7. The number of nitrogens with one attached hydrogen (secondary N) is 2. The molecular formula is C29H39FN4O3. The first kappa shape index (κ1) is 26.9. The van der Waals surface area contributed by atoms with Crippen molar-refractivity contribution in [2.24, 2.45) is 5.92 Å². The second kappa shape index (κ2) is 11.1. The molecule has 8 heteroatoms. The maximum Gasteiger partial charge on any atom is 0.407 e. The number of amides is 1. The van der Waals surface area contributed by atoms with Gasteiger partial charge in [-0.2, -0.15) is 0 Å². The van der Waals surface area contributed by atoms with E-state index in [0.29, 0.717) is 12.2 Å².